The summed E-state index contributed by atoms with van der Waals surface area (Å²) in [4.78, 5) is 11.0. The molecule has 4 nitrogen and oxygen atoms in total. The average molecular weight is 211 g/mol. The summed E-state index contributed by atoms with van der Waals surface area (Å²) in [6.07, 6.45) is 2.39. The Bertz CT molecular complexity index is 304. The van der Waals surface area contributed by atoms with Crippen molar-refractivity contribution in [2.24, 2.45) is 0 Å². The highest BCUT2D eigenvalue weighted by atomic mass is 16.3. The van der Waals surface area contributed by atoms with Crippen molar-refractivity contribution < 1.29 is 14.3 Å². The van der Waals surface area contributed by atoms with Crippen LogP contribution in [0.5, 0.6) is 0 Å². The third-order valence-corrected chi connectivity index (χ3v) is 2.12. The van der Waals surface area contributed by atoms with Gasteiger partial charge in [-0.15, -0.1) is 0 Å². The fraction of sp³-hybridized carbons (Fsp3) is 0.545. The highest BCUT2D eigenvalue weighted by Crippen LogP contribution is 2.12. The van der Waals surface area contributed by atoms with E-state index in [0.717, 1.165) is 0 Å². The lowest BCUT2D eigenvalue weighted by atomic mass is 10.0. The summed E-state index contributed by atoms with van der Waals surface area (Å²) in [6, 6.07) is 3.58. The zero-order chi connectivity index (χ0) is 11.3. The molecular formula is C11H17NO3. The molecule has 1 rings (SSSR count). The first kappa shape index (κ1) is 11.8. The van der Waals surface area contributed by atoms with Crippen LogP contribution >= 0.6 is 0 Å². The molecule has 0 saturated heterocycles. The van der Waals surface area contributed by atoms with E-state index in [2.05, 4.69) is 5.32 Å². The largest absolute Gasteiger partial charge is 0.469 e. The number of aliphatic hydroxyl groups is 1. The standard InChI is InChI=1S/C11H17NO3/c1-3-10(13)12-8-11(2,14)7-9-5-4-6-15-9/h4-6,14H,3,7-8H2,1-2H3,(H,12,13). The molecule has 1 amide bonds. The van der Waals surface area contributed by atoms with Gasteiger partial charge in [0.15, 0.2) is 0 Å². The Balaban J connectivity index is 2.41. The maximum absolute atomic E-state index is 11.0. The van der Waals surface area contributed by atoms with Crippen molar-refractivity contribution in [2.45, 2.75) is 32.3 Å². The molecule has 1 atom stereocenters. The summed E-state index contributed by atoms with van der Waals surface area (Å²) in [7, 11) is 0. The Hall–Kier alpha value is -1.29. The topological polar surface area (TPSA) is 62.5 Å². The van der Waals surface area contributed by atoms with Crippen LogP contribution in [0, 0.1) is 0 Å². The first-order chi connectivity index (χ1) is 7.03. The van der Waals surface area contributed by atoms with Gasteiger partial charge in [-0.25, -0.2) is 0 Å². The lowest BCUT2D eigenvalue weighted by Crippen LogP contribution is -2.41. The quantitative estimate of drug-likeness (QED) is 0.766. The Morgan fingerprint density at radius 1 is 1.67 bits per heavy atom. The molecule has 0 aliphatic carbocycles. The molecule has 84 valence electrons. The van der Waals surface area contributed by atoms with Gasteiger partial charge in [0, 0.05) is 19.4 Å². The Morgan fingerprint density at radius 3 is 2.93 bits per heavy atom. The van der Waals surface area contributed by atoms with Crippen LogP contribution in [0.15, 0.2) is 22.8 Å². The highest BCUT2D eigenvalue weighted by Gasteiger charge is 2.22. The summed E-state index contributed by atoms with van der Waals surface area (Å²) in [6.45, 7) is 3.68. The number of hydrogen-bond acceptors (Lipinski definition) is 3. The van der Waals surface area contributed by atoms with Gasteiger partial charge < -0.3 is 14.8 Å². The molecule has 0 aliphatic rings. The molecule has 0 spiro atoms. The van der Waals surface area contributed by atoms with Gasteiger partial charge in [0.1, 0.15) is 5.76 Å². The predicted molar refractivity (Wildman–Crippen MR) is 56.3 cm³/mol. The van der Waals surface area contributed by atoms with Crippen LogP contribution in [0.4, 0.5) is 0 Å². The second-order valence-electron chi connectivity index (χ2n) is 3.88. The third kappa shape index (κ3) is 4.16. The van der Waals surface area contributed by atoms with Gasteiger partial charge in [0.25, 0.3) is 0 Å². The molecular weight excluding hydrogens is 194 g/mol. The summed E-state index contributed by atoms with van der Waals surface area (Å²) in [5.74, 6) is 0.653. The first-order valence-electron chi connectivity index (χ1n) is 5.05. The van der Waals surface area contributed by atoms with Crippen LogP contribution in [0.3, 0.4) is 0 Å². The zero-order valence-electron chi connectivity index (χ0n) is 9.12. The molecule has 0 saturated carbocycles. The SMILES string of the molecule is CCC(=O)NCC(C)(O)Cc1ccco1. The van der Waals surface area contributed by atoms with Gasteiger partial charge in [-0.3, -0.25) is 4.79 Å². The van der Waals surface area contributed by atoms with E-state index in [1.54, 1.807) is 32.2 Å². The van der Waals surface area contributed by atoms with Crippen molar-refractivity contribution in [2.75, 3.05) is 6.54 Å². The van der Waals surface area contributed by atoms with Crippen molar-refractivity contribution in [1.29, 1.82) is 0 Å². The van der Waals surface area contributed by atoms with Crippen LogP contribution in [-0.4, -0.2) is 23.2 Å². The van der Waals surface area contributed by atoms with Gasteiger partial charge in [-0.2, -0.15) is 0 Å². The molecule has 0 radical (unpaired) electrons. The Morgan fingerprint density at radius 2 is 2.40 bits per heavy atom. The number of nitrogens with one attached hydrogen (secondary N) is 1. The van der Waals surface area contributed by atoms with E-state index in [9.17, 15) is 9.90 Å². The van der Waals surface area contributed by atoms with Crippen LogP contribution in [-0.2, 0) is 11.2 Å². The van der Waals surface area contributed by atoms with Gasteiger partial charge in [0.05, 0.1) is 11.9 Å². The van der Waals surface area contributed by atoms with Crippen LogP contribution in [0.2, 0.25) is 0 Å². The Labute approximate surface area is 89.3 Å². The second kappa shape index (κ2) is 4.98. The molecule has 15 heavy (non-hydrogen) atoms. The third-order valence-electron chi connectivity index (χ3n) is 2.12. The minimum Gasteiger partial charge on any atom is -0.469 e. The summed E-state index contributed by atoms with van der Waals surface area (Å²) >= 11 is 0. The van der Waals surface area contributed by atoms with Gasteiger partial charge in [-0.05, 0) is 19.1 Å². The molecule has 1 unspecified atom stereocenters. The monoisotopic (exact) mass is 211 g/mol. The number of hydrogen-bond donors (Lipinski definition) is 2. The molecule has 1 aromatic rings. The summed E-state index contributed by atoms with van der Waals surface area (Å²) in [5.41, 5.74) is -0.970. The molecule has 0 bridgehead atoms. The number of amides is 1. The molecule has 0 aromatic carbocycles. The average Bonchev–Trinajstić information content (AvgIpc) is 2.66. The van der Waals surface area contributed by atoms with Crippen LogP contribution < -0.4 is 5.32 Å². The maximum atomic E-state index is 11.0. The molecule has 2 N–H and O–H groups in total. The van der Waals surface area contributed by atoms with E-state index in [1.165, 1.54) is 0 Å². The van der Waals surface area contributed by atoms with Crippen molar-refractivity contribution in [3.05, 3.63) is 24.2 Å². The molecule has 0 fully saturated rings. The maximum Gasteiger partial charge on any atom is 0.219 e. The van der Waals surface area contributed by atoms with E-state index >= 15 is 0 Å². The molecule has 1 heterocycles. The number of carbonyl (C=O) groups is 1. The lowest BCUT2D eigenvalue weighted by Gasteiger charge is -2.22. The minimum atomic E-state index is -0.970. The van der Waals surface area contributed by atoms with E-state index in [4.69, 9.17) is 4.42 Å². The smallest absolute Gasteiger partial charge is 0.219 e. The van der Waals surface area contributed by atoms with Gasteiger partial charge in [0.2, 0.25) is 5.91 Å². The molecule has 4 heteroatoms. The fourth-order valence-electron chi connectivity index (χ4n) is 1.27. The molecule has 1 aromatic heterocycles. The van der Waals surface area contributed by atoms with E-state index in [-0.39, 0.29) is 12.5 Å². The van der Waals surface area contributed by atoms with Gasteiger partial charge in [-0.1, -0.05) is 6.92 Å². The van der Waals surface area contributed by atoms with E-state index in [0.29, 0.717) is 18.6 Å². The van der Waals surface area contributed by atoms with Crippen LogP contribution in [0.25, 0.3) is 0 Å². The van der Waals surface area contributed by atoms with Crippen molar-refractivity contribution in [3.8, 4) is 0 Å². The van der Waals surface area contributed by atoms with Crippen LogP contribution in [0.1, 0.15) is 26.0 Å². The highest BCUT2D eigenvalue weighted by molar-refractivity contribution is 5.75. The number of carbonyl (C=O) groups excluding carboxylic acids is 1. The van der Waals surface area contributed by atoms with E-state index < -0.39 is 5.60 Å². The zero-order valence-corrected chi connectivity index (χ0v) is 9.12. The van der Waals surface area contributed by atoms with Crippen molar-refractivity contribution in [1.82, 2.24) is 5.32 Å². The number of furan rings is 1. The number of rotatable bonds is 5. The second-order valence-corrected chi connectivity index (χ2v) is 3.88. The van der Waals surface area contributed by atoms with E-state index in [1.807, 2.05) is 0 Å². The Kier molecular flexibility index (Phi) is 3.91. The first-order valence-corrected chi connectivity index (χ1v) is 5.05. The van der Waals surface area contributed by atoms with Crippen molar-refractivity contribution in [3.63, 3.8) is 0 Å². The normalized spacial score (nSPS) is 14.6. The molecule has 0 aliphatic heterocycles. The van der Waals surface area contributed by atoms with Gasteiger partial charge >= 0.3 is 0 Å². The minimum absolute atomic E-state index is 0.0604. The predicted octanol–water partition coefficient (Wildman–Crippen LogP) is 1.10. The summed E-state index contributed by atoms with van der Waals surface area (Å²) < 4.78 is 5.13. The van der Waals surface area contributed by atoms with Crippen molar-refractivity contribution >= 4 is 5.91 Å². The fourth-order valence-corrected chi connectivity index (χ4v) is 1.27. The summed E-state index contributed by atoms with van der Waals surface area (Å²) in [5, 5.41) is 12.6. The lowest BCUT2D eigenvalue weighted by molar-refractivity contribution is -0.121.